The number of hydrogen-bond acceptors (Lipinski definition) is 4. The van der Waals surface area contributed by atoms with Gasteiger partial charge in [0.1, 0.15) is 6.04 Å². The van der Waals surface area contributed by atoms with E-state index in [-0.39, 0.29) is 18.2 Å². The smallest absolute Gasteiger partial charge is 0.309 e. The normalized spacial score (nSPS) is 20.2. The number of aliphatic carboxylic acids is 1. The first-order chi connectivity index (χ1) is 10.6. The SMILES string of the molecule is CCCS(=O)(=O)N1CCCCC1C(=O)NCCC(C)(C)C(=O)O. The third-order valence-corrected chi connectivity index (χ3v) is 6.28. The minimum Gasteiger partial charge on any atom is -0.481 e. The van der Waals surface area contributed by atoms with E-state index in [1.807, 2.05) is 0 Å². The van der Waals surface area contributed by atoms with Crippen LogP contribution in [0.3, 0.4) is 0 Å². The molecule has 1 heterocycles. The van der Waals surface area contributed by atoms with Crippen LogP contribution in [0.25, 0.3) is 0 Å². The van der Waals surface area contributed by atoms with Crippen molar-refractivity contribution in [1.82, 2.24) is 9.62 Å². The van der Waals surface area contributed by atoms with Gasteiger partial charge in [-0.2, -0.15) is 4.31 Å². The van der Waals surface area contributed by atoms with E-state index in [2.05, 4.69) is 5.32 Å². The Bertz CT molecular complexity index is 530. The van der Waals surface area contributed by atoms with Gasteiger partial charge in [0.2, 0.25) is 15.9 Å². The molecule has 134 valence electrons. The summed E-state index contributed by atoms with van der Waals surface area (Å²) in [6.45, 7) is 5.59. The molecule has 0 aliphatic carbocycles. The zero-order valence-corrected chi connectivity index (χ0v) is 15.0. The molecule has 0 aromatic heterocycles. The Morgan fingerprint density at radius 1 is 1.30 bits per heavy atom. The van der Waals surface area contributed by atoms with E-state index in [0.717, 1.165) is 12.8 Å². The van der Waals surface area contributed by atoms with Crippen molar-refractivity contribution in [2.24, 2.45) is 5.41 Å². The number of carboxylic acid groups (broad SMARTS) is 1. The van der Waals surface area contributed by atoms with Crippen LogP contribution in [0.1, 0.15) is 52.9 Å². The van der Waals surface area contributed by atoms with E-state index in [4.69, 9.17) is 5.11 Å². The largest absolute Gasteiger partial charge is 0.481 e. The molecule has 8 heteroatoms. The minimum atomic E-state index is -3.42. The molecule has 1 rings (SSSR count). The van der Waals surface area contributed by atoms with E-state index < -0.39 is 27.4 Å². The highest BCUT2D eigenvalue weighted by atomic mass is 32.2. The summed E-state index contributed by atoms with van der Waals surface area (Å²) < 4.78 is 25.9. The van der Waals surface area contributed by atoms with Crippen LogP contribution in [0, 0.1) is 5.41 Å². The second-order valence-electron chi connectivity index (χ2n) is 6.67. The fourth-order valence-corrected chi connectivity index (χ4v) is 4.34. The number of carbonyl (C=O) groups is 2. The van der Waals surface area contributed by atoms with Crippen LogP contribution in [0.4, 0.5) is 0 Å². The fraction of sp³-hybridized carbons (Fsp3) is 0.867. The Morgan fingerprint density at radius 3 is 2.52 bits per heavy atom. The van der Waals surface area contributed by atoms with E-state index in [1.54, 1.807) is 20.8 Å². The molecule has 0 spiro atoms. The van der Waals surface area contributed by atoms with Gasteiger partial charge >= 0.3 is 5.97 Å². The van der Waals surface area contributed by atoms with Crippen LogP contribution in [-0.2, 0) is 19.6 Å². The predicted octanol–water partition coefficient (Wildman–Crippen LogP) is 1.20. The monoisotopic (exact) mass is 348 g/mol. The molecule has 1 aliphatic rings. The molecule has 0 aromatic rings. The summed E-state index contributed by atoms with van der Waals surface area (Å²) in [7, 11) is -3.42. The predicted molar refractivity (Wildman–Crippen MR) is 87.5 cm³/mol. The van der Waals surface area contributed by atoms with Crippen molar-refractivity contribution in [3.05, 3.63) is 0 Å². The second kappa shape index (κ2) is 8.10. The third kappa shape index (κ3) is 5.46. The summed E-state index contributed by atoms with van der Waals surface area (Å²) in [5.41, 5.74) is -0.923. The van der Waals surface area contributed by atoms with Gasteiger partial charge in [0.25, 0.3) is 0 Å². The topological polar surface area (TPSA) is 104 Å². The summed E-state index contributed by atoms with van der Waals surface area (Å²) >= 11 is 0. The molecule has 1 aliphatic heterocycles. The summed E-state index contributed by atoms with van der Waals surface area (Å²) in [5, 5.41) is 11.8. The molecule has 7 nitrogen and oxygen atoms in total. The maximum Gasteiger partial charge on any atom is 0.309 e. The van der Waals surface area contributed by atoms with Crippen molar-refractivity contribution in [3.63, 3.8) is 0 Å². The first-order valence-corrected chi connectivity index (χ1v) is 9.73. The molecule has 1 fully saturated rings. The molecule has 1 atom stereocenters. The summed E-state index contributed by atoms with van der Waals surface area (Å²) in [6.07, 6.45) is 2.90. The molecule has 2 N–H and O–H groups in total. The zero-order chi connectivity index (χ0) is 17.7. The van der Waals surface area contributed by atoms with Crippen LogP contribution < -0.4 is 5.32 Å². The van der Waals surface area contributed by atoms with E-state index in [0.29, 0.717) is 25.8 Å². The number of piperidine rings is 1. The van der Waals surface area contributed by atoms with Gasteiger partial charge in [-0.15, -0.1) is 0 Å². The molecule has 0 aromatic carbocycles. The Kier molecular flexibility index (Phi) is 7.01. The summed E-state index contributed by atoms with van der Waals surface area (Å²) in [6, 6.07) is -0.673. The van der Waals surface area contributed by atoms with Gasteiger partial charge in [-0.1, -0.05) is 13.3 Å². The first-order valence-electron chi connectivity index (χ1n) is 8.12. The number of nitrogens with zero attached hydrogens (tertiary/aromatic N) is 1. The second-order valence-corrected chi connectivity index (χ2v) is 8.71. The molecule has 0 saturated carbocycles. The average Bonchev–Trinajstić information content (AvgIpc) is 2.46. The van der Waals surface area contributed by atoms with Gasteiger partial charge < -0.3 is 10.4 Å². The van der Waals surface area contributed by atoms with E-state index in [9.17, 15) is 18.0 Å². The number of carbonyl (C=O) groups excluding carboxylic acids is 1. The zero-order valence-electron chi connectivity index (χ0n) is 14.2. The summed E-state index contributed by atoms with van der Waals surface area (Å²) in [4.78, 5) is 23.4. The molecule has 0 bridgehead atoms. The lowest BCUT2D eigenvalue weighted by Crippen LogP contribution is -2.52. The summed E-state index contributed by atoms with van der Waals surface area (Å²) in [5.74, 6) is -1.20. The Morgan fingerprint density at radius 2 is 1.96 bits per heavy atom. The van der Waals surface area contributed by atoms with Crippen molar-refractivity contribution in [1.29, 1.82) is 0 Å². The Hall–Kier alpha value is -1.15. The molecule has 0 radical (unpaired) electrons. The molecule has 1 saturated heterocycles. The molecule has 1 amide bonds. The number of nitrogens with one attached hydrogen (secondary N) is 1. The maximum absolute atomic E-state index is 12.4. The molecule has 1 unspecified atom stereocenters. The van der Waals surface area contributed by atoms with Crippen LogP contribution in [0.15, 0.2) is 0 Å². The molecular weight excluding hydrogens is 320 g/mol. The Balaban J connectivity index is 2.67. The van der Waals surface area contributed by atoms with Crippen molar-refractivity contribution >= 4 is 21.9 Å². The van der Waals surface area contributed by atoms with Gasteiger partial charge in [-0.05, 0) is 39.5 Å². The van der Waals surface area contributed by atoms with Crippen molar-refractivity contribution in [2.45, 2.75) is 58.9 Å². The first kappa shape index (κ1) is 19.9. The molecule has 23 heavy (non-hydrogen) atoms. The van der Waals surface area contributed by atoms with Gasteiger partial charge in [0.05, 0.1) is 11.2 Å². The Labute approximate surface area is 138 Å². The standard InChI is InChI=1S/C15H28N2O5S/c1-4-11-23(21,22)17-10-6-5-7-12(17)13(18)16-9-8-15(2,3)14(19)20/h12H,4-11H2,1-3H3,(H,16,18)(H,19,20). The quantitative estimate of drug-likeness (QED) is 0.686. The maximum atomic E-state index is 12.4. The number of rotatable bonds is 8. The van der Waals surface area contributed by atoms with Crippen LogP contribution in [0.5, 0.6) is 0 Å². The van der Waals surface area contributed by atoms with Crippen LogP contribution in [-0.4, -0.2) is 54.6 Å². The highest BCUT2D eigenvalue weighted by Gasteiger charge is 2.36. The average molecular weight is 348 g/mol. The van der Waals surface area contributed by atoms with Crippen LogP contribution >= 0.6 is 0 Å². The number of carboxylic acids is 1. The lowest BCUT2D eigenvalue weighted by molar-refractivity contribution is -0.147. The van der Waals surface area contributed by atoms with Gasteiger partial charge in [0, 0.05) is 13.1 Å². The van der Waals surface area contributed by atoms with Crippen molar-refractivity contribution in [3.8, 4) is 0 Å². The van der Waals surface area contributed by atoms with Crippen molar-refractivity contribution in [2.75, 3.05) is 18.8 Å². The van der Waals surface area contributed by atoms with Gasteiger partial charge in [-0.25, -0.2) is 8.42 Å². The fourth-order valence-electron chi connectivity index (χ4n) is 2.60. The van der Waals surface area contributed by atoms with Gasteiger partial charge in [0.15, 0.2) is 0 Å². The number of amides is 1. The lowest BCUT2D eigenvalue weighted by atomic mass is 9.89. The minimum absolute atomic E-state index is 0.0445. The highest BCUT2D eigenvalue weighted by molar-refractivity contribution is 7.89. The molecular formula is C15H28N2O5S. The van der Waals surface area contributed by atoms with E-state index >= 15 is 0 Å². The number of sulfonamides is 1. The lowest BCUT2D eigenvalue weighted by Gasteiger charge is -2.33. The highest BCUT2D eigenvalue weighted by Crippen LogP contribution is 2.22. The van der Waals surface area contributed by atoms with Crippen LogP contribution in [0.2, 0.25) is 0 Å². The van der Waals surface area contributed by atoms with Crippen molar-refractivity contribution < 1.29 is 23.1 Å². The van der Waals surface area contributed by atoms with E-state index in [1.165, 1.54) is 4.31 Å². The third-order valence-electron chi connectivity index (χ3n) is 4.20. The number of hydrogen-bond donors (Lipinski definition) is 2. The van der Waals surface area contributed by atoms with Gasteiger partial charge in [-0.3, -0.25) is 9.59 Å².